The molecule has 2 aromatic carbocycles. The Labute approximate surface area is 172 Å². The number of anilines is 2. The van der Waals surface area contributed by atoms with E-state index in [1.54, 1.807) is 30.3 Å². The maximum Gasteiger partial charge on any atom is 0.272 e. The van der Waals surface area contributed by atoms with Crippen molar-refractivity contribution in [3.05, 3.63) is 82.1 Å². The maximum absolute atomic E-state index is 12.9. The number of aryl methyl sites for hydroxylation is 1. The molecule has 0 bridgehead atoms. The first kappa shape index (κ1) is 18.5. The van der Waals surface area contributed by atoms with E-state index in [4.69, 9.17) is 0 Å². The van der Waals surface area contributed by atoms with Crippen LogP contribution in [0.2, 0.25) is 0 Å². The largest absolute Gasteiger partial charge is 0.343 e. The van der Waals surface area contributed by atoms with Crippen molar-refractivity contribution in [2.24, 2.45) is 0 Å². The zero-order valence-corrected chi connectivity index (χ0v) is 17.1. The molecule has 0 aliphatic carbocycles. The number of hydrogen-bond acceptors (Lipinski definition) is 2. The molecule has 1 N–H and O–H groups in total. The van der Waals surface area contributed by atoms with Gasteiger partial charge >= 0.3 is 0 Å². The zero-order valence-electron chi connectivity index (χ0n) is 15.5. The van der Waals surface area contributed by atoms with Crippen LogP contribution in [0.1, 0.15) is 33.3 Å². The molecule has 0 radical (unpaired) electrons. The van der Waals surface area contributed by atoms with Crippen LogP contribution in [0, 0.1) is 0 Å². The van der Waals surface area contributed by atoms with Crippen LogP contribution in [0.15, 0.2) is 65.3 Å². The number of benzene rings is 2. The van der Waals surface area contributed by atoms with Crippen LogP contribution in [0.25, 0.3) is 0 Å². The van der Waals surface area contributed by atoms with Crippen molar-refractivity contribution in [1.29, 1.82) is 0 Å². The number of nitrogens with one attached hydrogen (secondary N) is 1. The fourth-order valence-electron chi connectivity index (χ4n) is 3.52. The summed E-state index contributed by atoms with van der Waals surface area (Å²) in [7, 11) is 0. The smallest absolute Gasteiger partial charge is 0.272 e. The molecule has 0 unspecified atom stereocenters. The Kier molecular flexibility index (Phi) is 5.05. The summed E-state index contributed by atoms with van der Waals surface area (Å²) in [5, 5.41) is 2.89. The SMILES string of the molecule is CCn1cc(Br)cc1C(=O)Nc1ccc(C(=O)N2CCc3ccccc32)cc1. The monoisotopic (exact) mass is 437 g/mol. The van der Waals surface area contributed by atoms with Gasteiger partial charge < -0.3 is 14.8 Å². The molecule has 0 spiro atoms. The average molecular weight is 438 g/mol. The van der Waals surface area contributed by atoms with Crippen molar-refractivity contribution in [3.63, 3.8) is 0 Å². The third-order valence-corrected chi connectivity index (χ3v) is 5.39. The van der Waals surface area contributed by atoms with E-state index in [2.05, 4.69) is 27.3 Å². The molecule has 142 valence electrons. The minimum Gasteiger partial charge on any atom is -0.343 e. The van der Waals surface area contributed by atoms with Crippen LogP contribution in [0.4, 0.5) is 11.4 Å². The van der Waals surface area contributed by atoms with E-state index in [9.17, 15) is 9.59 Å². The molecule has 6 heteroatoms. The molecule has 3 aromatic rings. The van der Waals surface area contributed by atoms with Crippen molar-refractivity contribution < 1.29 is 9.59 Å². The molecule has 4 rings (SSSR count). The number of nitrogens with zero attached hydrogens (tertiary/aromatic N) is 2. The van der Waals surface area contributed by atoms with Crippen molar-refractivity contribution in [2.75, 3.05) is 16.8 Å². The van der Waals surface area contributed by atoms with Crippen LogP contribution >= 0.6 is 15.9 Å². The molecule has 1 aliphatic heterocycles. The highest BCUT2D eigenvalue weighted by Crippen LogP contribution is 2.29. The topological polar surface area (TPSA) is 54.3 Å². The highest BCUT2D eigenvalue weighted by atomic mass is 79.9. The molecule has 5 nitrogen and oxygen atoms in total. The summed E-state index contributed by atoms with van der Waals surface area (Å²) in [5.74, 6) is -0.202. The number of hydrogen-bond donors (Lipinski definition) is 1. The lowest BCUT2D eigenvalue weighted by Crippen LogP contribution is -2.28. The highest BCUT2D eigenvalue weighted by Gasteiger charge is 2.25. The quantitative estimate of drug-likeness (QED) is 0.641. The van der Waals surface area contributed by atoms with Crippen molar-refractivity contribution >= 4 is 39.1 Å². The molecule has 2 amide bonds. The molecule has 1 aliphatic rings. The third kappa shape index (κ3) is 3.47. The van der Waals surface area contributed by atoms with E-state index < -0.39 is 0 Å². The van der Waals surface area contributed by atoms with Gasteiger partial charge in [-0.1, -0.05) is 18.2 Å². The summed E-state index contributed by atoms with van der Waals surface area (Å²) in [6.45, 7) is 3.39. The van der Waals surface area contributed by atoms with Gasteiger partial charge in [-0.05, 0) is 71.2 Å². The second kappa shape index (κ2) is 7.64. The van der Waals surface area contributed by atoms with Crippen molar-refractivity contribution in [1.82, 2.24) is 4.57 Å². The Morgan fingerprint density at radius 2 is 1.86 bits per heavy atom. The van der Waals surface area contributed by atoms with Gasteiger partial charge in [-0.3, -0.25) is 9.59 Å². The van der Waals surface area contributed by atoms with Crippen LogP contribution in [0.5, 0.6) is 0 Å². The number of aromatic nitrogens is 1. The van der Waals surface area contributed by atoms with Crippen LogP contribution < -0.4 is 10.2 Å². The average Bonchev–Trinajstić information content (AvgIpc) is 3.31. The Hall–Kier alpha value is -2.86. The molecular weight excluding hydrogens is 418 g/mol. The van der Waals surface area contributed by atoms with Crippen LogP contribution in [-0.2, 0) is 13.0 Å². The van der Waals surface area contributed by atoms with Gasteiger partial charge in [0.2, 0.25) is 0 Å². The minimum atomic E-state index is -0.180. The van der Waals surface area contributed by atoms with E-state index in [0.717, 1.165) is 16.6 Å². The van der Waals surface area contributed by atoms with Gasteiger partial charge in [0.1, 0.15) is 5.69 Å². The molecule has 0 fully saturated rings. The minimum absolute atomic E-state index is 0.0217. The summed E-state index contributed by atoms with van der Waals surface area (Å²) in [4.78, 5) is 27.2. The van der Waals surface area contributed by atoms with Gasteiger partial charge in [0.15, 0.2) is 0 Å². The molecule has 28 heavy (non-hydrogen) atoms. The van der Waals surface area contributed by atoms with Crippen molar-refractivity contribution in [2.45, 2.75) is 19.9 Å². The lowest BCUT2D eigenvalue weighted by Gasteiger charge is -2.17. The lowest BCUT2D eigenvalue weighted by molar-refractivity contribution is 0.0987. The first-order chi connectivity index (χ1) is 13.6. The number of amides is 2. The maximum atomic E-state index is 12.9. The normalized spacial score (nSPS) is 12.7. The van der Waals surface area contributed by atoms with Gasteiger partial charge in [-0.2, -0.15) is 0 Å². The Morgan fingerprint density at radius 1 is 1.11 bits per heavy atom. The standard InChI is InChI=1S/C22H20BrN3O2/c1-2-25-14-17(23)13-20(25)21(27)24-18-9-7-16(8-10-18)22(28)26-12-11-15-5-3-4-6-19(15)26/h3-10,13-14H,2,11-12H2,1H3,(H,24,27). The number of fused-ring (bicyclic) bond motifs is 1. The molecular formula is C22H20BrN3O2. The van der Waals surface area contributed by atoms with E-state index in [1.165, 1.54) is 5.56 Å². The summed E-state index contributed by atoms with van der Waals surface area (Å²) < 4.78 is 2.74. The summed E-state index contributed by atoms with van der Waals surface area (Å²) >= 11 is 3.40. The fraction of sp³-hybridized carbons (Fsp3) is 0.182. The molecule has 0 atom stereocenters. The van der Waals surface area contributed by atoms with E-state index in [1.807, 2.05) is 40.8 Å². The Bertz CT molecular complexity index is 1040. The molecule has 0 saturated carbocycles. The number of para-hydroxylation sites is 1. The van der Waals surface area contributed by atoms with E-state index >= 15 is 0 Å². The van der Waals surface area contributed by atoms with Gasteiger partial charge in [-0.15, -0.1) is 0 Å². The number of carbonyl (C=O) groups is 2. The number of carbonyl (C=O) groups excluding carboxylic acids is 2. The zero-order chi connectivity index (χ0) is 19.7. The predicted molar refractivity (Wildman–Crippen MR) is 114 cm³/mol. The predicted octanol–water partition coefficient (Wildman–Crippen LogP) is 4.73. The molecule has 2 heterocycles. The number of halogens is 1. The van der Waals surface area contributed by atoms with Gasteiger partial charge in [0.05, 0.1) is 0 Å². The summed E-state index contributed by atoms with van der Waals surface area (Å²) in [5.41, 5.74) is 4.03. The Morgan fingerprint density at radius 3 is 2.61 bits per heavy atom. The first-order valence-electron chi connectivity index (χ1n) is 9.23. The highest BCUT2D eigenvalue weighted by molar-refractivity contribution is 9.10. The van der Waals surface area contributed by atoms with E-state index in [-0.39, 0.29) is 11.8 Å². The number of rotatable bonds is 4. The fourth-order valence-corrected chi connectivity index (χ4v) is 3.99. The second-order valence-electron chi connectivity index (χ2n) is 6.70. The summed E-state index contributed by atoms with van der Waals surface area (Å²) in [6.07, 6.45) is 2.76. The third-order valence-electron chi connectivity index (χ3n) is 4.96. The van der Waals surface area contributed by atoms with Crippen molar-refractivity contribution in [3.8, 4) is 0 Å². The van der Waals surface area contributed by atoms with Gasteiger partial charge in [0, 0.05) is 40.7 Å². The second-order valence-corrected chi connectivity index (χ2v) is 7.61. The molecule has 1 aromatic heterocycles. The summed E-state index contributed by atoms with van der Waals surface area (Å²) in [6, 6.07) is 16.8. The van der Waals surface area contributed by atoms with E-state index in [0.29, 0.717) is 30.0 Å². The lowest BCUT2D eigenvalue weighted by atomic mass is 10.1. The molecule has 0 saturated heterocycles. The first-order valence-corrected chi connectivity index (χ1v) is 10.0. The van der Waals surface area contributed by atoms with Crippen LogP contribution in [0.3, 0.4) is 0 Å². The van der Waals surface area contributed by atoms with Gasteiger partial charge in [0.25, 0.3) is 11.8 Å². The van der Waals surface area contributed by atoms with Crippen LogP contribution in [-0.4, -0.2) is 22.9 Å². The van der Waals surface area contributed by atoms with Gasteiger partial charge in [-0.25, -0.2) is 0 Å². The Balaban J connectivity index is 1.48.